The number of aryl methyl sites for hydroxylation is 1. The number of aromatic amines is 1. The van der Waals surface area contributed by atoms with Gasteiger partial charge in [-0.2, -0.15) is 10.2 Å². The Labute approximate surface area is 213 Å². The lowest BCUT2D eigenvalue weighted by Crippen LogP contribution is -2.21. The molecule has 0 aliphatic rings. The highest BCUT2D eigenvalue weighted by atomic mass is 19.1. The molecule has 0 unspecified atom stereocenters. The van der Waals surface area contributed by atoms with Crippen molar-refractivity contribution in [3.63, 3.8) is 0 Å². The molecule has 0 radical (unpaired) electrons. The summed E-state index contributed by atoms with van der Waals surface area (Å²) in [5.74, 6) is 0.376. The molecule has 0 atom stereocenters. The second kappa shape index (κ2) is 9.09. The van der Waals surface area contributed by atoms with E-state index in [-0.39, 0.29) is 16.7 Å². The number of anilines is 3. The minimum absolute atomic E-state index is 0.196. The van der Waals surface area contributed by atoms with Crippen LogP contribution in [0, 0.1) is 12.7 Å². The lowest BCUT2D eigenvalue weighted by atomic mass is 9.92. The number of fused-ring (bicyclic) bond motifs is 1. The molecule has 37 heavy (non-hydrogen) atoms. The number of carbonyl (C=O) groups excluding carboxylic acids is 1. The van der Waals surface area contributed by atoms with Gasteiger partial charge in [0.2, 0.25) is 0 Å². The summed E-state index contributed by atoms with van der Waals surface area (Å²) < 4.78 is 16.7. The van der Waals surface area contributed by atoms with Crippen molar-refractivity contribution < 1.29 is 9.18 Å². The number of nitrogens with one attached hydrogen (secondary N) is 3. The van der Waals surface area contributed by atoms with Crippen molar-refractivity contribution in [3.8, 4) is 16.8 Å². The van der Waals surface area contributed by atoms with Gasteiger partial charge in [0, 0.05) is 28.1 Å². The van der Waals surface area contributed by atoms with Crippen LogP contribution in [-0.4, -0.2) is 26.0 Å². The van der Waals surface area contributed by atoms with E-state index >= 15 is 0 Å². The number of hydrogen-bond donors (Lipinski definition) is 4. The van der Waals surface area contributed by atoms with Gasteiger partial charge in [-0.15, -0.1) is 0 Å². The number of nitrogens with two attached hydrogens (primary N) is 1. The summed E-state index contributed by atoms with van der Waals surface area (Å²) in [5, 5.41) is 17.5. The van der Waals surface area contributed by atoms with Crippen molar-refractivity contribution in [2.75, 3.05) is 16.4 Å². The Morgan fingerprint density at radius 2 is 1.70 bits per heavy atom. The molecule has 3 aromatic carbocycles. The molecule has 0 saturated heterocycles. The topological polar surface area (TPSA) is 114 Å². The number of nitrogen functional groups attached to an aromatic ring is 1. The Bertz CT molecular complexity index is 1590. The van der Waals surface area contributed by atoms with Crippen LogP contribution in [0.2, 0.25) is 0 Å². The fourth-order valence-electron chi connectivity index (χ4n) is 4.03. The van der Waals surface area contributed by atoms with Crippen LogP contribution in [-0.2, 0) is 5.41 Å². The van der Waals surface area contributed by atoms with Crippen molar-refractivity contribution >= 4 is 34.3 Å². The van der Waals surface area contributed by atoms with Gasteiger partial charge in [0.15, 0.2) is 11.6 Å². The van der Waals surface area contributed by atoms with Crippen LogP contribution in [0.15, 0.2) is 66.7 Å². The predicted octanol–water partition coefficient (Wildman–Crippen LogP) is 6.39. The SMILES string of the molecule is Cc1ccc(-n2nc(C(C)(C)C)cc2NC(=O)Nc2ccc(-c3ccc4c(N)n[nH]c4c3F)cc2)cc1. The summed E-state index contributed by atoms with van der Waals surface area (Å²) in [6.45, 7) is 8.23. The zero-order valence-corrected chi connectivity index (χ0v) is 21.1. The van der Waals surface area contributed by atoms with Gasteiger partial charge in [0.05, 0.1) is 11.4 Å². The van der Waals surface area contributed by atoms with Crippen LogP contribution in [0.4, 0.5) is 26.5 Å². The summed E-state index contributed by atoms with van der Waals surface area (Å²) in [5.41, 5.74) is 10.3. The molecule has 0 aliphatic carbocycles. The number of aromatic nitrogens is 4. The molecule has 9 heteroatoms. The number of H-pyrrole nitrogens is 1. The first-order valence-electron chi connectivity index (χ1n) is 11.9. The number of nitrogens with zero attached hydrogens (tertiary/aromatic N) is 3. The standard InChI is InChI=1S/C28H28FN7O/c1-16-5-11-19(12-6-16)36-23(15-22(35-36)28(2,3)4)32-27(37)31-18-9-7-17(8-10-18)20-13-14-21-25(24(20)29)33-34-26(21)30/h5-15H,1-4H3,(H3,30,33,34)(H2,31,32,37). The van der Waals surface area contributed by atoms with Gasteiger partial charge < -0.3 is 11.1 Å². The summed E-state index contributed by atoms with van der Waals surface area (Å²) in [7, 11) is 0. The first-order valence-corrected chi connectivity index (χ1v) is 11.9. The average molecular weight is 498 g/mol. The molecule has 188 valence electrons. The summed E-state index contributed by atoms with van der Waals surface area (Å²) in [4.78, 5) is 12.9. The Morgan fingerprint density at radius 1 is 1.00 bits per heavy atom. The third-order valence-corrected chi connectivity index (χ3v) is 6.16. The van der Waals surface area contributed by atoms with E-state index in [1.54, 1.807) is 41.1 Å². The number of carbonyl (C=O) groups is 1. The highest BCUT2D eigenvalue weighted by molar-refractivity contribution is 5.99. The molecule has 0 aliphatic heterocycles. The largest absolute Gasteiger partial charge is 0.382 e. The molecule has 0 spiro atoms. The third-order valence-electron chi connectivity index (χ3n) is 6.16. The smallest absolute Gasteiger partial charge is 0.324 e. The van der Waals surface area contributed by atoms with E-state index < -0.39 is 11.8 Å². The Balaban J connectivity index is 1.36. The maximum absolute atomic E-state index is 15.0. The molecular formula is C28H28FN7O. The fraction of sp³-hybridized carbons (Fsp3) is 0.179. The average Bonchev–Trinajstić information content (AvgIpc) is 3.45. The zero-order chi connectivity index (χ0) is 26.3. The number of rotatable bonds is 4. The second-order valence-electron chi connectivity index (χ2n) is 10.0. The molecule has 0 fully saturated rings. The summed E-state index contributed by atoms with van der Waals surface area (Å²) in [6.07, 6.45) is 0. The molecule has 5 rings (SSSR count). The van der Waals surface area contributed by atoms with Crippen LogP contribution in [0.3, 0.4) is 0 Å². The second-order valence-corrected chi connectivity index (χ2v) is 10.0. The van der Waals surface area contributed by atoms with Gasteiger partial charge in [-0.1, -0.05) is 56.7 Å². The first kappa shape index (κ1) is 24.1. The Morgan fingerprint density at radius 3 is 2.38 bits per heavy atom. The Kier molecular flexibility index (Phi) is 5.91. The fourth-order valence-corrected chi connectivity index (χ4v) is 4.03. The van der Waals surface area contributed by atoms with Crippen LogP contribution in [0.5, 0.6) is 0 Å². The minimum Gasteiger partial charge on any atom is -0.382 e. The van der Waals surface area contributed by atoms with Crippen molar-refractivity contribution in [2.24, 2.45) is 0 Å². The lowest BCUT2D eigenvalue weighted by molar-refractivity contribution is 0.262. The predicted molar refractivity (Wildman–Crippen MR) is 146 cm³/mol. The van der Waals surface area contributed by atoms with E-state index in [1.165, 1.54) is 0 Å². The van der Waals surface area contributed by atoms with E-state index in [0.717, 1.165) is 16.9 Å². The van der Waals surface area contributed by atoms with Gasteiger partial charge in [0.25, 0.3) is 0 Å². The lowest BCUT2D eigenvalue weighted by Gasteiger charge is -2.14. The van der Waals surface area contributed by atoms with Crippen molar-refractivity contribution in [1.29, 1.82) is 0 Å². The monoisotopic (exact) mass is 497 g/mol. The van der Waals surface area contributed by atoms with Crippen molar-refractivity contribution in [3.05, 3.63) is 83.8 Å². The highest BCUT2D eigenvalue weighted by Crippen LogP contribution is 2.31. The molecule has 0 saturated carbocycles. The molecule has 5 aromatic rings. The highest BCUT2D eigenvalue weighted by Gasteiger charge is 2.21. The van der Waals surface area contributed by atoms with E-state index in [1.807, 2.05) is 37.3 Å². The Hall–Kier alpha value is -4.66. The van der Waals surface area contributed by atoms with Crippen molar-refractivity contribution in [1.82, 2.24) is 20.0 Å². The van der Waals surface area contributed by atoms with E-state index in [4.69, 9.17) is 10.8 Å². The van der Waals surface area contributed by atoms with E-state index in [9.17, 15) is 9.18 Å². The van der Waals surface area contributed by atoms with E-state index in [2.05, 4.69) is 41.6 Å². The van der Waals surface area contributed by atoms with Crippen LogP contribution in [0.1, 0.15) is 32.0 Å². The minimum atomic E-state index is -0.431. The number of urea groups is 1. The molecule has 5 N–H and O–H groups in total. The van der Waals surface area contributed by atoms with Crippen LogP contribution >= 0.6 is 0 Å². The van der Waals surface area contributed by atoms with Crippen LogP contribution < -0.4 is 16.4 Å². The van der Waals surface area contributed by atoms with Gasteiger partial charge in [-0.05, 0) is 42.8 Å². The molecule has 2 heterocycles. The number of halogens is 1. The summed E-state index contributed by atoms with van der Waals surface area (Å²) >= 11 is 0. The number of amides is 2. The third kappa shape index (κ3) is 4.75. The van der Waals surface area contributed by atoms with Crippen molar-refractivity contribution in [2.45, 2.75) is 33.1 Å². The quantitative estimate of drug-likeness (QED) is 0.230. The van der Waals surface area contributed by atoms with Gasteiger partial charge in [0.1, 0.15) is 11.3 Å². The normalized spacial score (nSPS) is 11.6. The molecule has 0 bridgehead atoms. The van der Waals surface area contributed by atoms with Gasteiger partial charge >= 0.3 is 6.03 Å². The summed E-state index contributed by atoms with van der Waals surface area (Å²) in [6, 6.07) is 19.7. The number of hydrogen-bond acceptors (Lipinski definition) is 4. The molecule has 2 aromatic heterocycles. The van der Waals surface area contributed by atoms with Gasteiger partial charge in [-0.25, -0.2) is 13.9 Å². The first-order chi connectivity index (χ1) is 17.6. The molecular weight excluding hydrogens is 469 g/mol. The number of benzene rings is 3. The maximum atomic E-state index is 15.0. The maximum Gasteiger partial charge on any atom is 0.324 e. The van der Waals surface area contributed by atoms with Crippen LogP contribution in [0.25, 0.3) is 27.7 Å². The molecule has 8 nitrogen and oxygen atoms in total. The zero-order valence-electron chi connectivity index (χ0n) is 21.1. The molecule has 2 amide bonds. The van der Waals surface area contributed by atoms with E-state index in [0.29, 0.717) is 28.0 Å². The van der Waals surface area contributed by atoms with Gasteiger partial charge in [-0.3, -0.25) is 10.4 Å².